The zero-order valence-corrected chi connectivity index (χ0v) is 63.8. The molecule has 6 heterocycles. The van der Waals surface area contributed by atoms with Crippen LogP contribution in [0.4, 0.5) is 5.69 Å². The topological polar surface area (TPSA) is 104 Å². The van der Waals surface area contributed by atoms with Crippen LogP contribution in [0.3, 0.4) is 0 Å². The molecule has 3 aliphatic rings. The second-order valence-corrected chi connectivity index (χ2v) is 31.7. The van der Waals surface area contributed by atoms with E-state index in [1.165, 1.54) is 38.3 Å². The van der Waals surface area contributed by atoms with Gasteiger partial charge in [-0.25, -0.2) is 14.9 Å². The first-order valence-corrected chi connectivity index (χ1v) is 37.4. The second-order valence-electron chi connectivity index (χ2n) is 31.7. The van der Waals surface area contributed by atoms with Gasteiger partial charge in [-0.05, 0) is 276 Å². The molecule has 8 nitrogen and oxygen atoms in total. The fourth-order valence-electron chi connectivity index (χ4n) is 17.7. The molecule has 0 aliphatic carbocycles. The highest BCUT2D eigenvalue weighted by molar-refractivity contribution is 6.42. The molecule has 2 amide bonds. The third-order valence-corrected chi connectivity index (χ3v) is 22.3. The number of H-pyrrole nitrogens is 2. The Labute approximate surface area is 625 Å². The third kappa shape index (κ3) is 11.3. The lowest BCUT2D eigenvalue weighted by Crippen LogP contribution is -2.41. The molecular weight excluding hydrogens is 1310 g/mol. The number of carbonyl (C=O) groups is 2. The number of anilines is 1. The normalized spacial score (nSPS) is 12.9. The largest absolute Gasteiger partial charge is 0.457 e. The van der Waals surface area contributed by atoms with E-state index in [4.69, 9.17) is 14.7 Å². The number of fused-ring (bicyclic) bond motifs is 10. The van der Waals surface area contributed by atoms with Crippen LogP contribution in [0.1, 0.15) is 182 Å². The molecule has 0 unspecified atom stereocenters. The van der Waals surface area contributed by atoms with E-state index < -0.39 is 0 Å². The minimum Gasteiger partial charge on any atom is -0.457 e. The Morgan fingerprint density at radius 3 is 1.26 bits per heavy atom. The molecule has 3 aromatic heterocycles. The zero-order chi connectivity index (χ0) is 74.5. The first-order valence-electron chi connectivity index (χ1n) is 37.4. The summed E-state index contributed by atoms with van der Waals surface area (Å²) in [5.74, 6) is 8.04. The van der Waals surface area contributed by atoms with Crippen molar-refractivity contribution in [3.8, 4) is 67.8 Å². The van der Waals surface area contributed by atoms with Crippen LogP contribution in [0.5, 0.6) is 11.5 Å². The van der Waals surface area contributed by atoms with Crippen molar-refractivity contribution >= 4 is 107 Å². The summed E-state index contributed by atoms with van der Waals surface area (Å²) in [6, 6.07) is 61.9. The number of nitrogens with zero attached hydrogens (tertiary/aromatic N) is 3. The standard InChI is InChI=1S/C99H85N5O3/c1-52(2)75-50-63(51-76(53(3)4)96(75)104-97(105)73-32-30-70-68-22-19-23-72-85(107-66-28-26-65(27-29-66)99(14,15)16)43-34-69(89(68)72)71-31-33-74(98(104)106)91(73)90(70)71)24-25-64-20-17-18-21-67(64)92-77-35-37-79(100-77)93(86-57(8)44-54(5)45-58(86)9)81-39-41-83(102-81)95(88-61(12)48-56(7)49-62(88)13)84-42-40-82(103-84)94(80-38-36-78(92)101-80)87-59(10)46-55(6)47-60(87)11/h17-23,26-53,100,103H,1-16H3. The van der Waals surface area contributed by atoms with Gasteiger partial charge >= 0.3 is 0 Å². The molecule has 524 valence electrons. The van der Waals surface area contributed by atoms with Crippen LogP contribution in [0.2, 0.25) is 0 Å². The SMILES string of the molecule is Cc1cc(C)c(-c2c3nc(c(-c4c(C)cc(C)cc4C)c4ccc([nH]4)c(-c4c(C)cc(C)cc4C)c4nc(c(-c5ccccc5C#Cc5cc(C(C)C)c(N6C(=O)c7ccc8c9cccc%10c(Oc%11ccc(C(C)(C)C)cc%11)ccc(c%11ccc(c7c8%11)C6=O)c%109)c(C(C)C)c5)c5ccc2[nH]5)C=C4)C=C3)c(C)c1. The lowest BCUT2D eigenvalue weighted by molar-refractivity contribution is 0.0892. The van der Waals surface area contributed by atoms with E-state index >= 15 is 9.59 Å². The molecule has 0 saturated carbocycles. The van der Waals surface area contributed by atoms with Crippen molar-refractivity contribution in [3.05, 3.63) is 288 Å². The number of hydrogen-bond acceptors (Lipinski definition) is 5. The summed E-state index contributed by atoms with van der Waals surface area (Å²) < 4.78 is 6.66. The second kappa shape index (κ2) is 25.6. The minimum atomic E-state index is -0.344. The first kappa shape index (κ1) is 68.0. The summed E-state index contributed by atoms with van der Waals surface area (Å²) >= 11 is 0. The van der Waals surface area contributed by atoms with E-state index in [9.17, 15) is 0 Å². The van der Waals surface area contributed by atoms with Gasteiger partial charge in [0, 0.05) is 88.3 Å². The highest BCUT2D eigenvalue weighted by Crippen LogP contribution is 2.50. The number of imide groups is 1. The van der Waals surface area contributed by atoms with E-state index in [1.807, 2.05) is 36.4 Å². The van der Waals surface area contributed by atoms with Crippen LogP contribution >= 0.6 is 0 Å². The molecule has 0 saturated heterocycles. The number of carbonyl (C=O) groups excluding carboxylic acids is 2. The predicted molar refractivity (Wildman–Crippen MR) is 448 cm³/mol. The van der Waals surface area contributed by atoms with Crippen LogP contribution in [0.15, 0.2) is 176 Å². The Hall–Kier alpha value is -12.2. The predicted octanol–water partition coefficient (Wildman–Crippen LogP) is 25.7. The molecule has 107 heavy (non-hydrogen) atoms. The van der Waals surface area contributed by atoms with E-state index in [-0.39, 0.29) is 29.1 Å². The highest BCUT2D eigenvalue weighted by Gasteiger charge is 2.39. The number of rotatable bonds is 9. The maximum absolute atomic E-state index is 15.7. The Kier molecular flexibility index (Phi) is 16.2. The summed E-state index contributed by atoms with van der Waals surface area (Å²) in [6.07, 6.45) is 8.71. The smallest absolute Gasteiger partial charge is 0.266 e. The fraction of sp³-hybridized carbons (Fsp3) is 0.192. The fourth-order valence-corrected chi connectivity index (χ4v) is 17.7. The Balaban J connectivity index is 0.826. The average molecular weight is 1390 g/mol. The van der Waals surface area contributed by atoms with Crippen molar-refractivity contribution in [2.75, 3.05) is 4.90 Å². The molecule has 3 aliphatic heterocycles. The maximum Gasteiger partial charge on any atom is 0.266 e. The van der Waals surface area contributed by atoms with Crippen molar-refractivity contribution in [1.29, 1.82) is 0 Å². The molecular formula is C99H85N5O3. The number of nitrogens with one attached hydrogen (secondary N) is 2. The van der Waals surface area contributed by atoms with Gasteiger partial charge in [-0.15, -0.1) is 0 Å². The number of amides is 2. The van der Waals surface area contributed by atoms with Crippen molar-refractivity contribution in [1.82, 2.24) is 19.9 Å². The molecule has 2 N–H and O–H groups in total. The molecule has 0 spiro atoms. The van der Waals surface area contributed by atoms with Crippen molar-refractivity contribution in [3.63, 3.8) is 0 Å². The molecule has 17 rings (SSSR count). The van der Waals surface area contributed by atoms with Gasteiger partial charge < -0.3 is 14.7 Å². The number of aromatic nitrogens is 4. The number of benzene rings is 11. The van der Waals surface area contributed by atoms with E-state index in [0.717, 1.165) is 183 Å². The molecule has 0 fully saturated rings. The molecule has 8 heteroatoms. The zero-order valence-electron chi connectivity index (χ0n) is 63.8. The number of hydrogen-bond donors (Lipinski definition) is 2. The Morgan fingerprint density at radius 1 is 0.393 bits per heavy atom. The first-order chi connectivity index (χ1) is 51.4. The van der Waals surface area contributed by atoms with Gasteiger partial charge in [-0.1, -0.05) is 174 Å². The summed E-state index contributed by atoms with van der Waals surface area (Å²) in [5.41, 5.74) is 32.1. The maximum atomic E-state index is 15.7. The van der Waals surface area contributed by atoms with Crippen molar-refractivity contribution < 1.29 is 14.3 Å². The number of aromatic amines is 2. The molecule has 0 radical (unpaired) electrons. The van der Waals surface area contributed by atoms with E-state index in [1.54, 1.807) is 0 Å². The monoisotopic (exact) mass is 1390 g/mol. The van der Waals surface area contributed by atoms with E-state index in [2.05, 4.69) is 296 Å². The lowest BCUT2D eigenvalue weighted by Gasteiger charge is -2.33. The number of aryl methyl sites for hydroxylation is 9. The van der Waals surface area contributed by atoms with Crippen molar-refractivity contribution in [2.24, 2.45) is 0 Å². The van der Waals surface area contributed by atoms with E-state index in [0.29, 0.717) is 22.2 Å². The van der Waals surface area contributed by atoms with Crippen LogP contribution < -0.4 is 9.64 Å². The lowest BCUT2D eigenvalue weighted by atomic mass is 9.83. The van der Waals surface area contributed by atoms with Gasteiger partial charge in [-0.2, -0.15) is 0 Å². The average Bonchev–Trinajstić information content (AvgIpc) is 0.837. The summed E-state index contributed by atoms with van der Waals surface area (Å²) in [7, 11) is 0. The van der Waals surface area contributed by atoms with Gasteiger partial charge in [0.15, 0.2) is 0 Å². The molecule has 14 aromatic rings. The van der Waals surface area contributed by atoms with Crippen LogP contribution in [0.25, 0.3) is 134 Å². The molecule has 11 aromatic carbocycles. The third-order valence-electron chi connectivity index (χ3n) is 22.3. The van der Waals surface area contributed by atoms with Crippen molar-refractivity contribution in [2.45, 2.75) is 128 Å². The van der Waals surface area contributed by atoms with Gasteiger partial charge in [0.05, 0.1) is 28.5 Å². The Bertz CT molecular complexity index is 6320. The summed E-state index contributed by atoms with van der Waals surface area (Å²) in [5, 5.41) is 7.68. The summed E-state index contributed by atoms with van der Waals surface area (Å²) in [6.45, 7) is 34.9. The van der Waals surface area contributed by atoms with Crippen LogP contribution in [-0.2, 0) is 5.41 Å². The number of ether oxygens (including phenoxy) is 1. The van der Waals surface area contributed by atoms with Gasteiger partial charge in [0.25, 0.3) is 11.8 Å². The molecule has 0 atom stereocenters. The molecule has 8 bridgehead atoms. The summed E-state index contributed by atoms with van der Waals surface area (Å²) in [4.78, 5) is 52.5. The quantitative estimate of drug-likeness (QED) is 0.0648. The van der Waals surface area contributed by atoms with Gasteiger partial charge in [-0.3, -0.25) is 9.59 Å². The van der Waals surface area contributed by atoms with Gasteiger partial charge in [0.2, 0.25) is 0 Å². The Morgan fingerprint density at radius 2 is 0.804 bits per heavy atom. The minimum absolute atomic E-state index is 0.0200. The van der Waals surface area contributed by atoms with Crippen LogP contribution in [-0.4, -0.2) is 31.8 Å². The van der Waals surface area contributed by atoms with Gasteiger partial charge in [0.1, 0.15) is 11.5 Å². The van der Waals surface area contributed by atoms with Crippen LogP contribution in [0, 0.1) is 74.2 Å². The highest BCUT2D eigenvalue weighted by atomic mass is 16.5.